The van der Waals surface area contributed by atoms with Crippen molar-refractivity contribution in [1.29, 1.82) is 0 Å². The van der Waals surface area contributed by atoms with Gasteiger partial charge in [-0.3, -0.25) is 14.5 Å². The number of aromatic nitrogens is 3. The normalized spacial score (nSPS) is 22.9. The van der Waals surface area contributed by atoms with Crippen LogP contribution in [0.1, 0.15) is 38.3 Å². The van der Waals surface area contributed by atoms with Crippen LogP contribution in [0.3, 0.4) is 0 Å². The van der Waals surface area contributed by atoms with E-state index in [0.717, 1.165) is 38.7 Å². The number of nitrogens with zero attached hydrogens (tertiary/aromatic N) is 5. The van der Waals surface area contributed by atoms with Crippen molar-refractivity contribution in [3.8, 4) is 5.88 Å². The van der Waals surface area contributed by atoms with Gasteiger partial charge in [0.25, 0.3) is 0 Å². The summed E-state index contributed by atoms with van der Waals surface area (Å²) in [5.74, 6) is 1.34. The first-order valence-corrected chi connectivity index (χ1v) is 10.0. The smallest absolute Gasteiger partial charge is 0.213 e. The average Bonchev–Trinajstić information content (AvgIpc) is 3.11. The molecule has 2 saturated heterocycles. The highest BCUT2D eigenvalue weighted by molar-refractivity contribution is 5.12. The third-order valence-electron chi connectivity index (χ3n) is 6.08. The van der Waals surface area contributed by atoms with Crippen LogP contribution < -0.4 is 4.74 Å². The molecular weight excluding hydrogens is 338 g/mol. The molecule has 0 aliphatic carbocycles. The zero-order valence-corrected chi connectivity index (χ0v) is 16.7. The summed E-state index contributed by atoms with van der Waals surface area (Å²) in [4.78, 5) is 9.38. The van der Waals surface area contributed by atoms with E-state index in [1.807, 2.05) is 29.1 Å². The van der Waals surface area contributed by atoms with Crippen molar-refractivity contribution in [2.75, 3.05) is 33.3 Å². The minimum Gasteiger partial charge on any atom is -0.477 e. The fraction of sp³-hybridized carbons (Fsp3) is 0.619. The first-order chi connectivity index (χ1) is 13.0. The molecule has 2 aliphatic rings. The highest BCUT2D eigenvalue weighted by atomic mass is 16.5. The molecule has 0 N–H and O–H groups in total. The van der Waals surface area contributed by atoms with Crippen LogP contribution >= 0.6 is 0 Å². The Hall–Kier alpha value is -1.92. The Bertz CT molecular complexity index is 738. The van der Waals surface area contributed by atoms with Gasteiger partial charge in [0.05, 0.1) is 12.8 Å². The summed E-state index contributed by atoms with van der Waals surface area (Å²) >= 11 is 0. The lowest BCUT2D eigenvalue weighted by Crippen LogP contribution is -2.71. The van der Waals surface area contributed by atoms with Gasteiger partial charge < -0.3 is 4.74 Å². The molecule has 0 aromatic carbocycles. The number of ether oxygens (including phenoxy) is 1. The number of pyridine rings is 1. The van der Waals surface area contributed by atoms with Gasteiger partial charge >= 0.3 is 0 Å². The molecule has 1 spiro atoms. The van der Waals surface area contributed by atoms with Crippen LogP contribution in [0.15, 0.2) is 36.8 Å². The van der Waals surface area contributed by atoms with Gasteiger partial charge in [0.15, 0.2) is 0 Å². The Labute approximate surface area is 162 Å². The predicted octanol–water partition coefficient (Wildman–Crippen LogP) is 2.83. The molecule has 0 unspecified atom stereocenters. The Kier molecular flexibility index (Phi) is 5.19. The number of likely N-dealkylation sites (tertiary alicyclic amines) is 2. The maximum absolute atomic E-state index is 5.94. The minimum absolute atomic E-state index is 0.310. The summed E-state index contributed by atoms with van der Waals surface area (Å²) in [5.41, 5.74) is 1.62. The minimum atomic E-state index is 0.310. The van der Waals surface area contributed by atoms with Gasteiger partial charge in [0.2, 0.25) is 5.88 Å². The standard InChI is InChI=1S/C21H31N5O/c1-17(2)26-13-19(11-23-26)12-25-15-21(16-25)10-18(7-9-24(21)3)14-27-20-6-4-5-8-22-20/h4-6,8,11,13,17-18H,7,9-10,12,14-16H2,1-3H3/t18-/m0/s1. The van der Waals surface area contributed by atoms with Gasteiger partial charge in [-0.25, -0.2) is 4.98 Å². The third-order valence-corrected chi connectivity index (χ3v) is 6.08. The van der Waals surface area contributed by atoms with E-state index in [-0.39, 0.29) is 0 Å². The van der Waals surface area contributed by atoms with Crippen LogP contribution in [0.25, 0.3) is 0 Å². The fourth-order valence-electron chi connectivity index (χ4n) is 4.45. The lowest BCUT2D eigenvalue weighted by atomic mass is 9.75. The third kappa shape index (κ3) is 4.01. The molecule has 2 aromatic heterocycles. The fourth-order valence-corrected chi connectivity index (χ4v) is 4.45. The van der Waals surface area contributed by atoms with Gasteiger partial charge in [-0.05, 0) is 52.3 Å². The molecule has 0 saturated carbocycles. The highest BCUT2D eigenvalue weighted by Crippen LogP contribution is 2.39. The second-order valence-corrected chi connectivity index (χ2v) is 8.55. The van der Waals surface area contributed by atoms with Gasteiger partial charge in [-0.1, -0.05) is 6.07 Å². The summed E-state index contributed by atoms with van der Waals surface area (Å²) in [7, 11) is 2.28. The molecular formula is C21H31N5O. The van der Waals surface area contributed by atoms with Gasteiger partial charge in [-0.2, -0.15) is 5.10 Å². The summed E-state index contributed by atoms with van der Waals surface area (Å²) in [5, 5.41) is 4.47. The van der Waals surface area contributed by atoms with Crippen LogP contribution in [-0.4, -0.2) is 63.4 Å². The van der Waals surface area contributed by atoms with Crippen LogP contribution in [0.4, 0.5) is 0 Å². The molecule has 0 bridgehead atoms. The average molecular weight is 370 g/mol. The molecule has 2 aromatic rings. The lowest BCUT2D eigenvalue weighted by molar-refractivity contribution is -0.0875. The Balaban J connectivity index is 1.30. The van der Waals surface area contributed by atoms with Crippen molar-refractivity contribution in [3.05, 3.63) is 42.4 Å². The summed E-state index contributed by atoms with van der Waals surface area (Å²) in [6.07, 6.45) is 8.39. The van der Waals surface area contributed by atoms with Crippen molar-refractivity contribution < 1.29 is 4.74 Å². The summed E-state index contributed by atoms with van der Waals surface area (Å²) in [6.45, 7) is 9.52. The first kappa shape index (κ1) is 18.4. The zero-order valence-electron chi connectivity index (χ0n) is 16.7. The molecule has 0 amide bonds. The number of piperidine rings is 1. The van der Waals surface area contributed by atoms with Crippen molar-refractivity contribution in [2.45, 2.75) is 44.8 Å². The van der Waals surface area contributed by atoms with Gasteiger partial charge in [-0.15, -0.1) is 0 Å². The van der Waals surface area contributed by atoms with E-state index in [9.17, 15) is 0 Å². The predicted molar refractivity (Wildman–Crippen MR) is 106 cm³/mol. The van der Waals surface area contributed by atoms with E-state index in [2.05, 4.69) is 47.0 Å². The van der Waals surface area contributed by atoms with E-state index in [0.29, 0.717) is 17.5 Å². The van der Waals surface area contributed by atoms with Crippen LogP contribution in [0, 0.1) is 5.92 Å². The molecule has 6 heteroatoms. The van der Waals surface area contributed by atoms with Crippen molar-refractivity contribution in [2.24, 2.45) is 5.92 Å². The van der Waals surface area contributed by atoms with E-state index in [1.165, 1.54) is 18.4 Å². The van der Waals surface area contributed by atoms with E-state index in [1.54, 1.807) is 6.20 Å². The van der Waals surface area contributed by atoms with Gasteiger partial charge in [0.1, 0.15) is 0 Å². The van der Waals surface area contributed by atoms with Crippen molar-refractivity contribution >= 4 is 0 Å². The molecule has 4 rings (SSSR count). The van der Waals surface area contributed by atoms with Crippen LogP contribution in [-0.2, 0) is 6.54 Å². The number of hydrogen-bond acceptors (Lipinski definition) is 5. The first-order valence-electron chi connectivity index (χ1n) is 10.0. The number of hydrogen-bond donors (Lipinski definition) is 0. The number of rotatable bonds is 6. The van der Waals surface area contributed by atoms with Crippen LogP contribution in [0.5, 0.6) is 5.88 Å². The summed E-state index contributed by atoms with van der Waals surface area (Å²) < 4.78 is 7.98. The molecule has 4 heterocycles. The maximum atomic E-state index is 5.94. The van der Waals surface area contributed by atoms with Crippen molar-refractivity contribution in [1.82, 2.24) is 24.6 Å². The quantitative estimate of drug-likeness (QED) is 0.784. The van der Waals surface area contributed by atoms with E-state index >= 15 is 0 Å². The second kappa shape index (κ2) is 7.60. The van der Waals surface area contributed by atoms with Gasteiger partial charge in [0, 0.05) is 55.2 Å². The lowest BCUT2D eigenvalue weighted by Gasteiger charge is -2.58. The topological polar surface area (TPSA) is 46.4 Å². The monoisotopic (exact) mass is 369 g/mol. The Morgan fingerprint density at radius 3 is 2.85 bits per heavy atom. The highest BCUT2D eigenvalue weighted by Gasteiger charge is 2.49. The molecule has 1 atom stereocenters. The molecule has 2 fully saturated rings. The Morgan fingerprint density at radius 2 is 2.15 bits per heavy atom. The summed E-state index contributed by atoms with van der Waals surface area (Å²) in [6, 6.07) is 6.26. The van der Waals surface area contributed by atoms with Crippen molar-refractivity contribution in [3.63, 3.8) is 0 Å². The largest absolute Gasteiger partial charge is 0.477 e. The zero-order chi connectivity index (χ0) is 18.9. The molecule has 27 heavy (non-hydrogen) atoms. The van der Waals surface area contributed by atoms with E-state index < -0.39 is 0 Å². The maximum Gasteiger partial charge on any atom is 0.213 e. The SMILES string of the molecule is CC(C)n1cc(CN2CC3(C[C@@H](COc4ccccn4)CCN3C)C2)cn1. The second-order valence-electron chi connectivity index (χ2n) is 8.55. The molecule has 0 radical (unpaired) electrons. The number of likely N-dealkylation sites (N-methyl/N-ethyl adjacent to an activating group) is 1. The Morgan fingerprint density at radius 1 is 1.30 bits per heavy atom. The molecule has 2 aliphatic heterocycles. The molecule has 146 valence electrons. The van der Waals surface area contributed by atoms with E-state index in [4.69, 9.17) is 4.74 Å². The molecule has 6 nitrogen and oxygen atoms in total. The van der Waals surface area contributed by atoms with Crippen LogP contribution in [0.2, 0.25) is 0 Å².